The third kappa shape index (κ3) is 3.18. The first-order valence-electron chi connectivity index (χ1n) is 8.42. The van der Waals surface area contributed by atoms with Crippen LogP contribution in [0.5, 0.6) is 0 Å². The molecule has 0 atom stereocenters. The molecule has 3 nitrogen and oxygen atoms in total. The van der Waals surface area contributed by atoms with E-state index < -0.39 is 5.92 Å². The van der Waals surface area contributed by atoms with Crippen LogP contribution < -0.4 is 0 Å². The van der Waals surface area contributed by atoms with Crippen LogP contribution in [-0.4, -0.2) is 10.2 Å². The van der Waals surface area contributed by atoms with E-state index in [1.807, 2.05) is 54.6 Å². The lowest BCUT2D eigenvalue weighted by molar-refractivity contribution is 0.0175. The fourth-order valence-electron chi connectivity index (χ4n) is 3.16. The Labute approximate surface area is 154 Å². The second-order valence-corrected chi connectivity index (χ2v) is 6.52. The number of aromatic nitrogens is 2. The molecule has 0 amide bonds. The quantitative estimate of drug-likeness (QED) is 0.496. The molecule has 0 unspecified atom stereocenters. The summed E-state index contributed by atoms with van der Waals surface area (Å²) in [4.78, 5) is 0. The lowest BCUT2D eigenvalue weighted by Crippen LogP contribution is -2.07. The largest absolute Gasteiger partial charge is 0.270 e. The zero-order valence-corrected chi connectivity index (χ0v) is 14.5. The van der Waals surface area contributed by atoms with Crippen LogP contribution in [0.2, 0.25) is 0 Å². The summed E-state index contributed by atoms with van der Waals surface area (Å²) in [6, 6.07) is 20.5. The van der Waals surface area contributed by atoms with E-state index in [0.717, 1.165) is 23.3 Å². The van der Waals surface area contributed by atoms with Gasteiger partial charge in [-0.25, -0.2) is 8.78 Å². The molecule has 0 aliphatic carbocycles. The van der Waals surface area contributed by atoms with Crippen molar-refractivity contribution in [2.24, 2.45) is 0 Å². The fraction of sp³-hybridized carbons (Fsp3) is 0.0909. The molecule has 0 saturated heterocycles. The molecule has 1 aromatic heterocycles. The Morgan fingerprint density at radius 2 is 1.67 bits per heavy atom. The van der Waals surface area contributed by atoms with Crippen LogP contribution >= 0.6 is 0 Å². The Morgan fingerprint density at radius 3 is 2.41 bits per heavy atom. The van der Waals surface area contributed by atoms with E-state index in [2.05, 4.69) is 10.2 Å². The van der Waals surface area contributed by atoms with Crippen molar-refractivity contribution in [3.05, 3.63) is 78.1 Å². The lowest BCUT2D eigenvalue weighted by Gasteiger charge is -2.15. The maximum atomic E-state index is 14.1. The fourth-order valence-corrected chi connectivity index (χ4v) is 3.16. The van der Waals surface area contributed by atoms with Crippen molar-refractivity contribution >= 4 is 10.8 Å². The van der Waals surface area contributed by atoms with Gasteiger partial charge in [0.25, 0.3) is 5.92 Å². The summed E-state index contributed by atoms with van der Waals surface area (Å²) in [5.74, 6) is -3.00. The first kappa shape index (κ1) is 16.9. The highest BCUT2D eigenvalue weighted by Gasteiger charge is 2.26. The second-order valence-electron chi connectivity index (χ2n) is 6.52. The third-order valence-corrected chi connectivity index (χ3v) is 4.58. The lowest BCUT2D eigenvalue weighted by atomic mass is 9.93. The highest BCUT2D eigenvalue weighted by Crippen LogP contribution is 2.36. The number of H-pyrrole nitrogens is 1. The van der Waals surface area contributed by atoms with Crippen LogP contribution in [0.25, 0.3) is 33.0 Å². The van der Waals surface area contributed by atoms with E-state index in [1.54, 1.807) is 0 Å². The van der Waals surface area contributed by atoms with Crippen molar-refractivity contribution in [3.8, 4) is 28.3 Å². The molecule has 0 radical (unpaired) electrons. The van der Waals surface area contributed by atoms with Crippen LogP contribution in [0.3, 0.4) is 0 Å². The van der Waals surface area contributed by atoms with Gasteiger partial charge in [-0.2, -0.15) is 10.4 Å². The molecule has 4 rings (SSSR count). The first-order valence-corrected chi connectivity index (χ1v) is 8.42. The van der Waals surface area contributed by atoms with Crippen molar-refractivity contribution in [3.63, 3.8) is 0 Å². The van der Waals surface area contributed by atoms with Crippen LogP contribution in [0.15, 0.2) is 66.9 Å². The van der Waals surface area contributed by atoms with Gasteiger partial charge in [-0.3, -0.25) is 5.10 Å². The Kier molecular flexibility index (Phi) is 3.97. The molecule has 4 aromatic rings. The zero-order valence-electron chi connectivity index (χ0n) is 14.5. The number of nitriles is 1. The van der Waals surface area contributed by atoms with E-state index >= 15 is 0 Å². The van der Waals surface area contributed by atoms with Gasteiger partial charge in [0.15, 0.2) is 0 Å². The molecule has 1 heterocycles. The number of fused-ring (bicyclic) bond motifs is 1. The number of nitrogens with zero attached hydrogens (tertiary/aromatic N) is 2. The Morgan fingerprint density at radius 1 is 0.926 bits per heavy atom. The molecule has 1 N–H and O–H groups in total. The number of nitrogens with one attached hydrogen (secondary N) is 1. The summed E-state index contributed by atoms with van der Waals surface area (Å²) in [6.07, 6.45) is 1.48. The standard InChI is InChI=1S/C22H15F2N3/c1-22(23,24)19-10-17(9-18(11-19)20-13-26-27-21(20)12-25)16-7-6-14-4-2-3-5-15(14)8-16/h2-11,13H,1H3,(H,26,27). The summed E-state index contributed by atoms with van der Waals surface area (Å²) in [7, 11) is 0. The minimum absolute atomic E-state index is 0.103. The van der Waals surface area contributed by atoms with Crippen molar-refractivity contribution in [1.82, 2.24) is 10.2 Å². The Hall–Kier alpha value is -3.52. The Balaban J connectivity index is 1.94. The van der Waals surface area contributed by atoms with Crippen LogP contribution in [0, 0.1) is 11.3 Å². The van der Waals surface area contributed by atoms with Crippen molar-refractivity contribution < 1.29 is 8.78 Å². The second kappa shape index (κ2) is 6.33. The number of halogens is 2. The average Bonchev–Trinajstić information content (AvgIpc) is 3.15. The smallest absolute Gasteiger partial charge is 0.267 e. The molecule has 5 heteroatoms. The van der Waals surface area contributed by atoms with Crippen LogP contribution in [-0.2, 0) is 5.92 Å². The van der Waals surface area contributed by atoms with E-state index in [4.69, 9.17) is 0 Å². The number of hydrogen-bond donors (Lipinski definition) is 1. The molecule has 27 heavy (non-hydrogen) atoms. The maximum absolute atomic E-state index is 14.1. The van der Waals surface area contributed by atoms with Gasteiger partial charge in [0.05, 0.1) is 6.20 Å². The van der Waals surface area contributed by atoms with Gasteiger partial charge in [0, 0.05) is 18.1 Å². The molecule has 3 aromatic carbocycles. The SMILES string of the molecule is CC(F)(F)c1cc(-c2ccc3ccccc3c2)cc(-c2cn[nH]c2C#N)c1. The molecule has 132 valence electrons. The topological polar surface area (TPSA) is 52.5 Å². The molecular weight excluding hydrogens is 344 g/mol. The third-order valence-electron chi connectivity index (χ3n) is 4.58. The summed E-state index contributed by atoms with van der Waals surface area (Å²) in [5, 5.41) is 17.8. The number of alkyl halides is 2. The summed E-state index contributed by atoms with van der Waals surface area (Å²) >= 11 is 0. The first-order chi connectivity index (χ1) is 13.0. The van der Waals surface area contributed by atoms with E-state index in [0.29, 0.717) is 16.7 Å². The van der Waals surface area contributed by atoms with E-state index in [9.17, 15) is 14.0 Å². The van der Waals surface area contributed by atoms with Crippen molar-refractivity contribution in [2.45, 2.75) is 12.8 Å². The number of aromatic amines is 1. The highest BCUT2D eigenvalue weighted by atomic mass is 19.3. The molecular formula is C22H15F2N3. The van der Waals surface area contributed by atoms with Crippen molar-refractivity contribution in [1.29, 1.82) is 5.26 Å². The molecule has 0 bridgehead atoms. The molecule has 0 spiro atoms. The summed E-state index contributed by atoms with van der Waals surface area (Å²) in [5.41, 5.74) is 2.68. The van der Waals surface area contributed by atoms with Crippen LogP contribution in [0.1, 0.15) is 18.2 Å². The minimum Gasteiger partial charge on any atom is -0.267 e. The van der Waals surface area contributed by atoms with Gasteiger partial charge in [-0.05, 0) is 51.7 Å². The monoisotopic (exact) mass is 359 g/mol. The molecule has 0 aliphatic rings. The number of rotatable bonds is 3. The minimum atomic E-state index is -3.00. The Bertz CT molecular complexity index is 1180. The normalized spacial score (nSPS) is 11.5. The van der Waals surface area contributed by atoms with Gasteiger partial charge in [-0.1, -0.05) is 36.4 Å². The summed E-state index contributed by atoms with van der Waals surface area (Å²) < 4.78 is 28.2. The maximum Gasteiger partial charge on any atom is 0.270 e. The summed E-state index contributed by atoms with van der Waals surface area (Å²) in [6.45, 7) is 0.872. The van der Waals surface area contributed by atoms with Gasteiger partial charge in [0.2, 0.25) is 0 Å². The van der Waals surface area contributed by atoms with Crippen molar-refractivity contribution in [2.75, 3.05) is 0 Å². The number of hydrogen-bond acceptors (Lipinski definition) is 2. The average molecular weight is 359 g/mol. The van der Waals surface area contributed by atoms with Gasteiger partial charge < -0.3 is 0 Å². The highest BCUT2D eigenvalue weighted by molar-refractivity contribution is 5.88. The van der Waals surface area contributed by atoms with E-state index in [1.165, 1.54) is 18.3 Å². The van der Waals surface area contributed by atoms with E-state index in [-0.39, 0.29) is 11.3 Å². The van der Waals surface area contributed by atoms with Gasteiger partial charge >= 0.3 is 0 Å². The predicted octanol–water partition coefficient (Wildman–Crippen LogP) is 5.88. The molecule has 0 aliphatic heterocycles. The molecule has 0 saturated carbocycles. The van der Waals surface area contributed by atoms with Crippen LogP contribution in [0.4, 0.5) is 8.78 Å². The number of benzene rings is 3. The molecule has 0 fully saturated rings. The van der Waals surface area contributed by atoms with Gasteiger partial charge in [-0.15, -0.1) is 0 Å². The van der Waals surface area contributed by atoms with Gasteiger partial charge in [0.1, 0.15) is 11.8 Å². The zero-order chi connectivity index (χ0) is 19.0. The predicted molar refractivity (Wildman–Crippen MR) is 101 cm³/mol.